The number of hydrogen-bond acceptors (Lipinski definition) is 4. The predicted molar refractivity (Wildman–Crippen MR) is 93.6 cm³/mol. The summed E-state index contributed by atoms with van der Waals surface area (Å²) < 4.78 is 83.2. The first kappa shape index (κ1) is 21.4. The molecule has 0 radical (unpaired) electrons. The van der Waals surface area contributed by atoms with Gasteiger partial charge < -0.3 is 9.64 Å². The number of pyridine rings is 1. The number of urea groups is 1. The molecule has 5 rings (SSSR count). The third-order valence-corrected chi connectivity index (χ3v) is 5.77. The quantitative estimate of drug-likeness (QED) is 0.646. The molecule has 13 heteroatoms. The van der Waals surface area contributed by atoms with Gasteiger partial charge in [0.1, 0.15) is 11.5 Å². The third-order valence-electron chi connectivity index (χ3n) is 5.77. The molecule has 0 atom stereocenters. The molecule has 2 bridgehead atoms. The first-order valence-corrected chi connectivity index (χ1v) is 9.17. The van der Waals surface area contributed by atoms with E-state index in [-0.39, 0.29) is 23.7 Å². The van der Waals surface area contributed by atoms with Gasteiger partial charge in [0.2, 0.25) is 0 Å². The summed E-state index contributed by atoms with van der Waals surface area (Å²) in [5.74, 6) is -1.52. The third kappa shape index (κ3) is 3.70. The minimum absolute atomic E-state index is 0.0407. The van der Waals surface area contributed by atoms with E-state index in [9.17, 15) is 31.1 Å². The number of amides is 2. The summed E-state index contributed by atoms with van der Waals surface area (Å²) >= 11 is 0. The van der Waals surface area contributed by atoms with Gasteiger partial charge in [0.05, 0.1) is 23.4 Å². The topological polar surface area (TPSA) is 83.1 Å². The van der Waals surface area contributed by atoms with Gasteiger partial charge in [0.25, 0.3) is 6.43 Å². The summed E-state index contributed by atoms with van der Waals surface area (Å²) in [7, 11) is 1.53. The Bertz CT molecular complexity index is 988. The van der Waals surface area contributed by atoms with Crippen LogP contribution >= 0.6 is 0 Å². The number of aromatic nitrogens is 3. The van der Waals surface area contributed by atoms with E-state index in [0.717, 1.165) is 18.2 Å². The van der Waals surface area contributed by atoms with Crippen molar-refractivity contribution in [1.82, 2.24) is 20.1 Å². The SMILES string of the molecule is COC12CC(N(Cc3cc(C(F)(F)F)n[nH]3)C(=O)Nc3ccc(F)c(C(F)F)n3)(C1)C2. The standard InChI is InChI=1S/C18H17F6N5O2/c1-31-17-6-16(7-17,8-17)29(5-9-4-11(28-27-9)18(22,23)24)15(30)26-12-3-2-10(19)13(25-12)14(20)21/h2-4,14H,5-8H2,1H3,(H,27,28)(H,25,26,30). The minimum Gasteiger partial charge on any atom is -0.378 e. The number of methoxy groups -OCH3 is 1. The van der Waals surface area contributed by atoms with Gasteiger partial charge in [-0.2, -0.15) is 18.3 Å². The van der Waals surface area contributed by atoms with Crippen LogP contribution < -0.4 is 5.32 Å². The van der Waals surface area contributed by atoms with Crippen LogP contribution in [0.1, 0.15) is 42.8 Å². The zero-order valence-corrected chi connectivity index (χ0v) is 16.1. The van der Waals surface area contributed by atoms with Crippen molar-refractivity contribution in [3.8, 4) is 0 Å². The summed E-state index contributed by atoms with van der Waals surface area (Å²) in [6.07, 6.45) is -6.41. The van der Waals surface area contributed by atoms with E-state index >= 15 is 0 Å². The van der Waals surface area contributed by atoms with Gasteiger partial charge in [0, 0.05) is 26.4 Å². The molecule has 0 aromatic carbocycles. The zero-order valence-electron chi connectivity index (χ0n) is 16.1. The molecule has 3 fully saturated rings. The van der Waals surface area contributed by atoms with Crippen molar-refractivity contribution in [2.24, 2.45) is 0 Å². The van der Waals surface area contributed by atoms with Crippen LogP contribution in [0.2, 0.25) is 0 Å². The number of carbonyl (C=O) groups is 1. The monoisotopic (exact) mass is 449 g/mol. The molecule has 0 spiro atoms. The molecule has 3 saturated carbocycles. The fraction of sp³-hybridized carbons (Fsp3) is 0.500. The zero-order chi connectivity index (χ0) is 22.6. The van der Waals surface area contributed by atoms with E-state index in [0.29, 0.717) is 19.3 Å². The maximum atomic E-state index is 13.5. The van der Waals surface area contributed by atoms with Crippen LogP contribution in [0.25, 0.3) is 0 Å². The Kier molecular flexibility index (Phi) is 4.91. The Labute approximate surface area is 171 Å². The van der Waals surface area contributed by atoms with Gasteiger partial charge in [-0.05, 0) is 18.2 Å². The van der Waals surface area contributed by atoms with Crippen molar-refractivity contribution in [1.29, 1.82) is 0 Å². The molecule has 0 aliphatic heterocycles. The number of aromatic amines is 1. The van der Waals surface area contributed by atoms with Crippen LogP contribution in [-0.4, -0.2) is 44.4 Å². The summed E-state index contributed by atoms with van der Waals surface area (Å²) in [6.45, 7) is -0.238. The molecule has 7 nitrogen and oxygen atoms in total. The number of H-pyrrole nitrogens is 1. The lowest BCUT2D eigenvalue weighted by Gasteiger charge is -2.72. The van der Waals surface area contributed by atoms with E-state index < -0.39 is 41.4 Å². The maximum absolute atomic E-state index is 13.5. The Morgan fingerprint density at radius 3 is 2.55 bits per heavy atom. The van der Waals surface area contributed by atoms with Gasteiger partial charge >= 0.3 is 12.2 Å². The smallest absolute Gasteiger partial charge is 0.378 e. The van der Waals surface area contributed by atoms with E-state index in [1.165, 1.54) is 12.0 Å². The Morgan fingerprint density at radius 1 is 1.32 bits per heavy atom. The van der Waals surface area contributed by atoms with Crippen molar-refractivity contribution in [2.75, 3.05) is 12.4 Å². The van der Waals surface area contributed by atoms with Gasteiger partial charge in [-0.1, -0.05) is 0 Å². The largest absolute Gasteiger partial charge is 0.435 e. The van der Waals surface area contributed by atoms with Gasteiger partial charge in [-0.3, -0.25) is 10.4 Å². The Balaban J connectivity index is 1.56. The van der Waals surface area contributed by atoms with E-state index in [1.807, 2.05) is 0 Å². The number of carbonyl (C=O) groups excluding carboxylic acids is 1. The van der Waals surface area contributed by atoms with Gasteiger partial charge in [0.15, 0.2) is 11.5 Å². The van der Waals surface area contributed by atoms with Crippen molar-refractivity contribution in [2.45, 2.75) is 49.5 Å². The Hall–Kier alpha value is -2.83. The molecule has 2 aromatic heterocycles. The molecule has 31 heavy (non-hydrogen) atoms. The van der Waals surface area contributed by atoms with Gasteiger partial charge in [-0.15, -0.1) is 0 Å². The van der Waals surface area contributed by atoms with Crippen molar-refractivity contribution in [3.63, 3.8) is 0 Å². The van der Waals surface area contributed by atoms with Crippen LogP contribution in [0.5, 0.6) is 0 Å². The van der Waals surface area contributed by atoms with E-state index in [2.05, 4.69) is 20.5 Å². The van der Waals surface area contributed by atoms with Crippen molar-refractivity contribution in [3.05, 3.63) is 41.1 Å². The molecule has 0 unspecified atom stereocenters. The lowest BCUT2D eigenvalue weighted by Crippen LogP contribution is -2.80. The number of anilines is 1. The summed E-state index contributed by atoms with van der Waals surface area (Å²) in [5.41, 5.74) is -3.23. The second-order valence-corrected chi connectivity index (χ2v) is 7.80. The first-order chi connectivity index (χ1) is 14.5. The first-order valence-electron chi connectivity index (χ1n) is 9.17. The molecule has 3 aliphatic carbocycles. The fourth-order valence-corrected chi connectivity index (χ4v) is 4.22. The van der Waals surface area contributed by atoms with Crippen LogP contribution in [0.3, 0.4) is 0 Å². The highest BCUT2D eigenvalue weighted by Crippen LogP contribution is 2.65. The molecule has 2 aromatic rings. The molecule has 2 amide bonds. The average molecular weight is 449 g/mol. The maximum Gasteiger partial charge on any atom is 0.435 e. The number of halogens is 6. The van der Waals surface area contributed by atoms with Gasteiger partial charge in [-0.25, -0.2) is 22.9 Å². The van der Waals surface area contributed by atoms with Crippen LogP contribution in [0.15, 0.2) is 18.2 Å². The van der Waals surface area contributed by atoms with Crippen molar-refractivity contribution < 1.29 is 35.9 Å². The number of hydrogen-bond donors (Lipinski definition) is 2. The summed E-state index contributed by atoms with van der Waals surface area (Å²) in [4.78, 5) is 17.7. The molecule has 168 valence electrons. The van der Waals surface area contributed by atoms with Crippen LogP contribution in [0.4, 0.5) is 37.0 Å². The molecule has 0 saturated heterocycles. The summed E-state index contributed by atoms with van der Waals surface area (Å²) in [6, 6.07) is 1.79. The minimum atomic E-state index is -4.65. The molecular formula is C18H17F6N5O2. The molecule has 2 heterocycles. The van der Waals surface area contributed by atoms with Crippen molar-refractivity contribution >= 4 is 11.8 Å². The average Bonchev–Trinajstić information content (AvgIpc) is 3.09. The normalized spacial score (nSPS) is 24.5. The summed E-state index contributed by atoms with van der Waals surface area (Å²) in [5, 5.41) is 7.82. The van der Waals surface area contributed by atoms with Crippen LogP contribution in [0, 0.1) is 5.82 Å². The number of rotatable bonds is 6. The highest BCUT2D eigenvalue weighted by atomic mass is 19.4. The second kappa shape index (κ2) is 7.11. The number of nitrogens with zero attached hydrogens (tertiary/aromatic N) is 3. The van der Waals surface area contributed by atoms with E-state index in [1.54, 1.807) is 0 Å². The molecule has 2 N–H and O–H groups in total. The number of alkyl halides is 5. The molecule has 3 aliphatic rings. The lowest BCUT2D eigenvalue weighted by molar-refractivity contribution is -0.269. The highest BCUT2D eigenvalue weighted by molar-refractivity contribution is 5.89. The number of ether oxygens (including phenoxy) is 1. The lowest BCUT2D eigenvalue weighted by atomic mass is 9.45. The fourth-order valence-electron chi connectivity index (χ4n) is 4.22. The number of nitrogens with one attached hydrogen (secondary N) is 2. The predicted octanol–water partition coefficient (Wildman–Crippen LogP) is 4.26. The second-order valence-electron chi connectivity index (χ2n) is 7.80. The molecular weight excluding hydrogens is 432 g/mol. The highest BCUT2D eigenvalue weighted by Gasteiger charge is 2.72. The van der Waals surface area contributed by atoms with E-state index in [4.69, 9.17) is 4.74 Å². The Morgan fingerprint density at radius 2 is 2.00 bits per heavy atom. The van der Waals surface area contributed by atoms with Crippen LogP contribution in [-0.2, 0) is 17.5 Å².